The van der Waals surface area contributed by atoms with Crippen LogP contribution in [0.2, 0.25) is 10.0 Å². The van der Waals surface area contributed by atoms with Crippen LogP contribution in [0.5, 0.6) is 0 Å². The van der Waals surface area contributed by atoms with E-state index in [4.69, 9.17) is 23.2 Å². The van der Waals surface area contributed by atoms with E-state index in [0.717, 1.165) is 5.56 Å². The van der Waals surface area contributed by atoms with E-state index >= 15 is 0 Å². The zero-order chi connectivity index (χ0) is 32.4. The number of hydrogen-bond acceptors (Lipinski definition) is 6. The maximum Gasteiger partial charge on any atom is 0.475 e. The van der Waals surface area contributed by atoms with Crippen LogP contribution in [0, 0.1) is 17.2 Å². The fourth-order valence-electron chi connectivity index (χ4n) is 4.41. The molecule has 0 saturated heterocycles. The zero-order valence-corrected chi connectivity index (χ0v) is 26.0. The standard InChI is InChI=1S/C32H33BCl2N4O5/c1-20(2)14-23(19-36)32(42)39(3)25-11-7-10-22(15-25)16-28(37-30(40)26-18-24(34)12-13-27(26)35)31(41)38-29(33(43)44)17-21-8-5-4-6-9-21/h4-15,18,20,28-29,43-44H,16-17H2,1-3H3,(H,37,40)(H,38,41)/t28-,29-/m0/s1. The Hall–Kier alpha value is -4.14. The van der Waals surface area contributed by atoms with Crippen molar-refractivity contribution < 1.29 is 24.4 Å². The van der Waals surface area contributed by atoms with E-state index in [1.807, 2.05) is 26.0 Å². The molecule has 0 aromatic heterocycles. The largest absolute Gasteiger partial charge is 0.475 e. The second-order valence-corrected chi connectivity index (χ2v) is 11.4. The van der Waals surface area contributed by atoms with Crippen molar-refractivity contribution in [1.29, 1.82) is 5.26 Å². The number of carbonyl (C=O) groups excluding carboxylic acids is 3. The molecule has 0 fully saturated rings. The summed E-state index contributed by atoms with van der Waals surface area (Å²) in [5.74, 6) is -2.91. The summed E-state index contributed by atoms with van der Waals surface area (Å²) < 4.78 is 0. The average molecular weight is 635 g/mol. The summed E-state index contributed by atoms with van der Waals surface area (Å²) in [6.45, 7) is 3.73. The van der Waals surface area contributed by atoms with Crippen molar-refractivity contribution in [3.05, 3.63) is 111 Å². The Balaban J connectivity index is 1.91. The van der Waals surface area contributed by atoms with E-state index in [1.165, 1.54) is 30.1 Å². The van der Waals surface area contributed by atoms with Gasteiger partial charge in [0.1, 0.15) is 17.7 Å². The van der Waals surface area contributed by atoms with E-state index in [0.29, 0.717) is 11.3 Å². The van der Waals surface area contributed by atoms with Crippen LogP contribution in [0.1, 0.15) is 35.3 Å². The van der Waals surface area contributed by atoms with Gasteiger partial charge in [-0.2, -0.15) is 5.26 Å². The number of anilines is 1. The third-order valence-corrected chi connectivity index (χ3v) is 7.24. The van der Waals surface area contributed by atoms with Crippen molar-refractivity contribution in [2.75, 3.05) is 11.9 Å². The summed E-state index contributed by atoms with van der Waals surface area (Å²) in [5.41, 5.74) is 1.87. The van der Waals surface area contributed by atoms with Crippen LogP contribution in [-0.4, -0.2) is 53.9 Å². The van der Waals surface area contributed by atoms with Crippen molar-refractivity contribution in [2.24, 2.45) is 5.92 Å². The quantitative estimate of drug-likeness (QED) is 0.134. The molecule has 3 amide bonds. The topological polar surface area (TPSA) is 143 Å². The van der Waals surface area contributed by atoms with Gasteiger partial charge in [0.2, 0.25) is 5.91 Å². The molecule has 0 aliphatic heterocycles. The predicted octanol–water partition coefficient (Wildman–Crippen LogP) is 4.14. The van der Waals surface area contributed by atoms with E-state index in [9.17, 15) is 29.7 Å². The van der Waals surface area contributed by atoms with Gasteiger partial charge in [-0.15, -0.1) is 0 Å². The Morgan fingerprint density at radius 3 is 2.27 bits per heavy atom. The normalized spacial score (nSPS) is 12.6. The molecule has 3 aromatic rings. The second kappa shape index (κ2) is 16.1. The highest BCUT2D eigenvalue weighted by Gasteiger charge is 2.30. The first-order valence-corrected chi connectivity index (χ1v) is 14.6. The van der Waals surface area contributed by atoms with Gasteiger partial charge in [-0.1, -0.05) is 85.6 Å². The number of nitriles is 1. The summed E-state index contributed by atoms with van der Waals surface area (Å²) in [6.07, 6.45) is 1.68. The van der Waals surface area contributed by atoms with Gasteiger partial charge in [-0.25, -0.2) is 0 Å². The van der Waals surface area contributed by atoms with Crippen LogP contribution in [0.25, 0.3) is 0 Å². The maximum atomic E-state index is 13.6. The van der Waals surface area contributed by atoms with E-state index < -0.39 is 36.8 Å². The molecular weight excluding hydrogens is 602 g/mol. The molecule has 0 radical (unpaired) electrons. The number of rotatable bonds is 12. The molecular formula is C32H33BCl2N4O5. The summed E-state index contributed by atoms with van der Waals surface area (Å²) in [5, 5.41) is 35.3. The first-order valence-electron chi connectivity index (χ1n) is 13.8. The molecule has 3 aromatic carbocycles. The van der Waals surface area contributed by atoms with Crippen LogP contribution in [-0.2, 0) is 22.4 Å². The maximum absolute atomic E-state index is 13.6. The summed E-state index contributed by atoms with van der Waals surface area (Å²) in [7, 11) is -0.342. The number of nitrogens with zero attached hydrogens (tertiary/aromatic N) is 2. The lowest BCUT2D eigenvalue weighted by atomic mass is 9.75. The van der Waals surface area contributed by atoms with Crippen molar-refractivity contribution in [3.63, 3.8) is 0 Å². The van der Waals surface area contributed by atoms with Gasteiger partial charge < -0.3 is 25.6 Å². The Morgan fingerprint density at radius 2 is 1.64 bits per heavy atom. The van der Waals surface area contributed by atoms with Gasteiger partial charge in [0, 0.05) is 24.2 Å². The molecule has 44 heavy (non-hydrogen) atoms. The van der Waals surface area contributed by atoms with Crippen LogP contribution in [0.4, 0.5) is 5.69 Å². The number of amides is 3. The third-order valence-electron chi connectivity index (χ3n) is 6.67. The number of halogens is 2. The number of nitrogens with one attached hydrogen (secondary N) is 2. The smallest absolute Gasteiger partial charge is 0.426 e. The zero-order valence-electron chi connectivity index (χ0n) is 24.5. The average Bonchev–Trinajstić information content (AvgIpc) is 3.00. The minimum atomic E-state index is -1.88. The molecule has 12 heteroatoms. The Kier molecular flexibility index (Phi) is 12.6. The number of benzene rings is 3. The highest BCUT2D eigenvalue weighted by Crippen LogP contribution is 2.22. The number of carbonyl (C=O) groups is 3. The fraction of sp³-hybridized carbons (Fsp3) is 0.250. The molecule has 0 unspecified atom stereocenters. The molecule has 228 valence electrons. The molecule has 0 spiro atoms. The molecule has 0 aliphatic rings. The van der Waals surface area contributed by atoms with E-state index in [1.54, 1.807) is 54.6 Å². The molecule has 2 atom stereocenters. The molecule has 3 rings (SSSR count). The highest BCUT2D eigenvalue weighted by molar-refractivity contribution is 6.43. The Morgan fingerprint density at radius 1 is 0.955 bits per heavy atom. The van der Waals surface area contributed by atoms with Gasteiger partial charge >= 0.3 is 7.12 Å². The Bertz CT molecular complexity index is 1560. The van der Waals surface area contributed by atoms with Gasteiger partial charge in [0.15, 0.2) is 0 Å². The summed E-state index contributed by atoms with van der Waals surface area (Å²) in [4.78, 5) is 41.2. The van der Waals surface area contributed by atoms with Gasteiger partial charge in [-0.05, 0) is 53.8 Å². The van der Waals surface area contributed by atoms with E-state index in [-0.39, 0.29) is 39.9 Å². The first kappa shape index (κ1) is 34.4. The SMILES string of the molecule is CC(C)C=C(C#N)C(=O)N(C)c1cccc(C[C@H](NC(=O)c2cc(Cl)ccc2Cl)C(=O)N[C@@H](Cc2ccccc2)B(O)O)c1. The number of likely N-dealkylation sites (N-methyl/N-ethyl adjacent to an activating group) is 1. The number of hydrogen-bond donors (Lipinski definition) is 4. The molecule has 0 bridgehead atoms. The second-order valence-electron chi connectivity index (χ2n) is 10.5. The van der Waals surface area contributed by atoms with Crippen molar-refractivity contribution >= 4 is 53.7 Å². The molecule has 9 nitrogen and oxygen atoms in total. The first-order chi connectivity index (χ1) is 20.9. The van der Waals surface area contributed by atoms with Crippen LogP contribution < -0.4 is 15.5 Å². The lowest BCUT2D eigenvalue weighted by molar-refractivity contribution is -0.123. The van der Waals surface area contributed by atoms with Crippen LogP contribution in [0.15, 0.2) is 84.4 Å². The molecule has 0 saturated carbocycles. The van der Waals surface area contributed by atoms with Crippen molar-refractivity contribution in [3.8, 4) is 6.07 Å². The molecule has 0 heterocycles. The molecule has 0 aliphatic carbocycles. The van der Waals surface area contributed by atoms with Gasteiger partial charge in [0.25, 0.3) is 11.8 Å². The Labute approximate surface area is 267 Å². The van der Waals surface area contributed by atoms with Crippen LogP contribution in [0.3, 0.4) is 0 Å². The lowest BCUT2D eigenvalue weighted by Crippen LogP contribution is -2.55. The van der Waals surface area contributed by atoms with Crippen LogP contribution >= 0.6 is 23.2 Å². The summed E-state index contributed by atoms with van der Waals surface area (Å²) in [6, 6.07) is 20.9. The molecule has 4 N–H and O–H groups in total. The summed E-state index contributed by atoms with van der Waals surface area (Å²) >= 11 is 12.3. The minimum absolute atomic E-state index is 0.00263. The fourth-order valence-corrected chi connectivity index (χ4v) is 4.79. The lowest BCUT2D eigenvalue weighted by Gasteiger charge is -2.24. The number of allylic oxidation sites excluding steroid dienone is 1. The minimum Gasteiger partial charge on any atom is -0.426 e. The van der Waals surface area contributed by atoms with Crippen molar-refractivity contribution in [2.45, 2.75) is 38.7 Å². The van der Waals surface area contributed by atoms with Gasteiger partial charge in [-0.3, -0.25) is 14.4 Å². The highest BCUT2D eigenvalue weighted by atomic mass is 35.5. The predicted molar refractivity (Wildman–Crippen MR) is 172 cm³/mol. The van der Waals surface area contributed by atoms with Crippen molar-refractivity contribution in [1.82, 2.24) is 10.6 Å². The monoisotopic (exact) mass is 634 g/mol. The van der Waals surface area contributed by atoms with E-state index in [2.05, 4.69) is 10.6 Å². The van der Waals surface area contributed by atoms with Gasteiger partial charge in [0.05, 0.1) is 16.5 Å². The third kappa shape index (κ3) is 9.69.